The maximum absolute atomic E-state index is 12.5. The van der Waals surface area contributed by atoms with Gasteiger partial charge >= 0.3 is 6.18 Å². The Kier molecular flexibility index (Phi) is 5.28. The van der Waals surface area contributed by atoms with E-state index in [1.807, 2.05) is 7.05 Å². The van der Waals surface area contributed by atoms with E-state index in [0.717, 1.165) is 25.4 Å². The van der Waals surface area contributed by atoms with E-state index >= 15 is 0 Å². The van der Waals surface area contributed by atoms with E-state index in [-0.39, 0.29) is 23.8 Å². The van der Waals surface area contributed by atoms with Crippen LogP contribution in [0.4, 0.5) is 13.2 Å². The Morgan fingerprint density at radius 1 is 1.32 bits per heavy atom. The number of alkyl halides is 3. The highest BCUT2D eigenvalue weighted by Gasteiger charge is 2.31. The van der Waals surface area contributed by atoms with Crippen molar-refractivity contribution in [1.82, 2.24) is 14.8 Å². The lowest BCUT2D eigenvalue weighted by atomic mass is 10.1. The number of hydrogen-bond acceptors (Lipinski definition) is 3. The molecule has 0 N–H and O–H groups in total. The molecule has 2 heterocycles. The molecule has 0 unspecified atom stereocenters. The van der Waals surface area contributed by atoms with Gasteiger partial charge in [-0.05, 0) is 19.5 Å². The van der Waals surface area contributed by atoms with Crippen molar-refractivity contribution in [3.05, 3.63) is 28.5 Å². The lowest BCUT2D eigenvalue weighted by Gasteiger charge is -2.32. The van der Waals surface area contributed by atoms with Gasteiger partial charge in [-0.15, -0.1) is 0 Å². The van der Waals surface area contributed by atoms with E-state index in [1.54, 1.807) is 4.90 Å². The molecule has 0 saturated carbocycles. The summed E-state index contributed by atoms with van der Waals surface area (Å²) in [6, 6.07) is 0.851. The minimum Gasteiger partial charge on any atom is -0.340 e. The molecule has 22 heavy (non-hydrogen) atoms. The van der Waals surface area contributed by atoms with Gasteiger partial charge in [0.25, 0.3) is 0 Å². The smallest absolute Gasteiger partial charge is 0.340 e. The van der Waals surface area contributed by atoms with E-state index in [4.69, 9.17) is 11.6 Å². The first-order valence-corrected chi connectivity index (χ1v) is 7.33. The number of aryl methyl sites for hydroxylation is 1. The first-order valence-electron chi connectivity index (χ1n) is 6.95. The van der Waals surface area contributed by atoms with Gasteiger partial charge in [0.1, 0.15) is 0 Å². The highest BCUT2D eigenvalue weighted by Crippen LogP contribution is 2.31. The Morgan fingerprint density at radius 3 is 2.50 bits per heavy atom. The Labute approximate surface area is 131 Å². The summed E-state index contributed by atoms with van der Waals surface area (Å²) in [6.45, 7) is 2.99. The van der Waals surface area contributed by atoms with Crippen LogP contribution in [0.1, 0.15) is 17.7 Å². The number of rotatable bonds is 3. The van der Waals surface area contributed by atoms with Crippen LogP contribution in [0.25, 0.3) is 0 Å². The summed E-state index contributed by atoms with van der Waals surface area (Å²) in [5, 5.41) is -0.0546. The largest absolute Gasteiger partial charge is 0.417 e. The SMILES string of the molecule is CN1CCN(C(=O)CCc2ncc(C(F)(F)F)cc2Cl)CC1. The molecule has 8 heteroatoms. The number of likely N-dealkylation sites (N-methyl/N-ethyl adjacent to an activating group) is 1. The zero-order valence-corrected chi connectivity index (χ0v) is 12.9. The maximum atomic E-state index is 12.5. The molecule has 1 aromatic rings. The molecular formula is C14H17ClF3N3O. The molecule has 1 aliphatic rings. The van der Waals surface area contributed by atoms with E-state index in [2.05, 4.69) is 9.88 Å². The molecule has 0 radical (unpaired) electrons. The molecule has 1 amide bonds. The molecule has 0 aromatic carbocycles. The number of halogens is 4. The van der Waals surface area contributed by atoms with Gasteiger partial charge in [-0.3, -0.25) is 9.78 Å². The molecule has 122 valence electrons. The summed E-state index contributed by atoms with van der Waals surface area (Å²) in [6.07, 6.45) is -3.28. The Hall–Kier alpha value is -1.34. The van der Waals surface area contributed by atoms with Gasteiger partial charge in [-0.1, -0.05) is 11.6 Å². The van der Waals surface area contributed by atoms with E-state index in [1.165, 1.54) is 0 Å². The Morgan fingerprint density at radius 2 is 1.95 bits per heavy atom. The van der Waals surface area contributed by atoms with Crippen LogP contribution in [0.2, 0.25) is 5.02 Å². The number of carbonyl (C=O) groups is 1. The number of carbonyl (C=O) groups excluding carboxylic acids is 1. The van der Waals surface area contributed by atoms with Crippen molar-refractivity contribution in [3.63, 3.8) is 0 Å². The summed E-state index contributed by atoms with van der Waals surface area (Å²) in [7, 11) is 1.99. The summed E-state index contributed by atoms with van der Waals surface area (Å²) in [5.41, 5.74) is -0.566. The zero-order valence-electron chi connectivity index (χ0n) is 12.2. The average Bonchev–Trinajstić information content (AvgIpc) is 2.45. The quantitative estimate of drug-likeness (QED) is 0.851. The number of amides is 1. The van der Waals surface area contributed by atoms with Crippen LogP contribution < -0.4 is 0 Å². The lowest BCUT2D eigenvalue weighted by Crippen LogP contribution is -2.47. The number of nitrogens with zero attached hydrogens (tertiary/aromatic N) is 3. The first-order chi connectivity index (χ1) is 10.3. The molecule has 0 spiro atoms. The van der Waals surface area contributed by atoms with E-state index < -0.39 is 11.7 Å². The van der Waals surface area contributed by atoms with Gasteiger partial charge in [0.05, 0.1) is 16.3 Å². The van der Waals surface area contributed by atoms with Gasteiger partial charge < -0.3 is 9.80 Å². The third-order valence-electron chi connectivity index (χ3n) is 3.68. The molecule has 1 saturated heterocycles. The third-order valence-corrected chi connectivity index (χ3v) is 4.00. The second kappa shape index (κ2) is 6.83. The number of aromatic nitrogens is 1. The molecule has 4 nitrogen and oxygen atoms in total. The van der Waals surface area contributed by atoms with Gasteiger partial charge in [-0.25, -0.2) is 0 Å². The first kappa shape index (κ1) is 17.0. The predicted octanol–water partition coefficient (Wildman–Crippen LogP) is 2.46. The van der Waals surface area contributed by atoms with Crippen LogP contribution in [0, 0.1) is 0 Å². The average molecular weight is 336 g/mol. The molecular weight excluding hydrogens is 319 g/mol. The highest BCUT2D eigenvalue weighted by atomic mass is 35.5. The molecule has 0 atom stereocenters. The molecule has 0 aliphatic carbocycles. The van der Waals surface area contributed by atoms with Crippen molar-refractivity contribution < 1.29 is 18.0 Å². The second-order valence-electron chi connectivity index (χ2n) is 5.33. The summed E-state index contributed by atoms with van der Waals surface area (Å²) in [4.78, 5) is 19.7. The Bertz CT molecular complexity index is 543. The fraction of sp³-hybridized carbons (Fsp3) is 0.571. The normalized spacial score (nSPS) is 16.9. The highest BCUT2D eigenvalue weighted by molar-refractivity contribution is 6.31. The summed E-state index contributed by atoms with van der Waals surface area (Å²) >= 11 is 5.83. The Balaban J connectivity index is 1.93. The van der Waals surface area contributed by atoms with Gasteiger partial charge in [0.15, 0.2) is 0 Å². The van der Waals surface area contributed by atoms with Crippen LogP contribution in [-0.4, -0.2) is 53.9 Å². The zero-order chi connectivity index (χ0) is 16.3. The van der Waals surface area contributed by atoms with Crippen molar-refractivity contribution >= 4 is 17.5 Å². The van der Waals surface area contributed by atoms with Crippen LogP contribution in [0.5, 0.6) is 0 Å². The van der Waals surface area contributed by atoms with Crippen molar-refractivity contribution in [2.24, 2.45) is 0 Å². The minimum absolute atomic E-state index is 0.0223. The van der Waals surface area contributed by atoms with E-state index in [0.29, 0.717) is 18.8 Å². The van der Waals surface area contributed by atoms with Crippen molar-refractivity contribution in [2.75, 3.05) is 33.2 Å². The van der Waals surface area contributed by atoms with Crippen LogP contribution in [-0.2, 0) is 17.4 Å². The van der Waals surface area contributed by atoms with E-state index in [9.17, 15) is 18.0 Å². The maximum Gasteiger partial charge on any atom is 0.417 e. The summed E-state index contributed by atoms with van der Waals surface area (Å²) in [5.74, 6) is -0.0223. The van der Waals surface area contributed by atoms with Crippen molar-refractivity contribution in [3.8, 4) is 0 Å². The molecule has 2 rings (SSSR count). The monoisotopic (exact) mass is 335 g/mol. The predicted molar refractivity (Wildman–Crippen MR) is 76.6 cm³/mol. The van der Waals surface area contributed by atoms with Crippen LogP contribution in [0.15, 0.2) is 12.3 Å². The van der Waals surface area contributed by atoms with Gasteiger partial charge in [-0.2, -0.15) is 13.2 Å². The van der Waals surface area contributed by atoms with Gasteiger partial charge in [0.2, 0.25) is 5.91 Å². The molecule has 1 fully saturated rings. The summed E-state index contributed by atoms with van der Waals surface area (Å²) < 4.78 is 37.6. The molecule has 1 aromatic heterocycles. The lowest BCUT2D eigenvalue weighted by molar-refractivity contribution is -0.138. The topological polar surface area (TPSA) is 36.4 Å². The standard InChI is InChI=1S/C14H17ClF3N3O/c1-20-4-6-21(7-5-20)13(22)3-2-12-11(15)8-10(9-19-12)14(16,17)18/h8-9H,2-7H2,1H3. The number of piperazine rings is 1. The van der Waals surface area contributed by atoms with Crippen molar-refractivity contribution in [2.45, 2.75) is 19.0 Å². The number of pyridine rings is 1. The molecule has 0 bridgehead atoms. The second-order valence-corrected chi connectivity index (χ2v) is 5.74. The molecule has 1 aliphatic heterocycles. The number of hydrogen-bond donors (Lipinski definition) is 0. The fourth-order valence-corrected chi connectivity index (χ4v) is 2.51. The van der Waals surface area contributed by atoms with Crippen LogP contribution in [0.3, 0.4) is 0 Å². The third kappa shape index (κ3) is 4.33. The fourth-order valence-electron chi connectivity index (χ4n) is 2.24. The van der Waals surface area contributed by atoms with Crippen LogP contribution >= 0.6 is 11.6 Å². The minimum atomic E-state index is -4.47. The van der Waals surface area contributed by atoms with Gasteiger partial charge in [0, 0.05) is 38.8 Å². The van der Waals surface area contributed by atoms with Crippen molar-refractivity contribution in [1.29, 1.82) is 0 Å².